The predicted octanol–water partition coefficient (Wildman–Crippen LogP) is 2.58. The number of sulfonamides is 1. The summed E-state index contributed by atoms with van der Waals surface area (Å²) >= 11 is 5.79. The van der Waals surface area contributed by atoms with Gasteiger partial charge in [-0.15, -0.1) is 0 Å². The Balaban J connectivity index is 2.01. The zero-order valence-electron chi connectivity index (χ0n) is 13.5. The van der Waals surface area contributed by atoms with Crippen LogP contribution in [-0.2, 0) is 14.8 Å². The molecule has 6 nitrogen and oxygen atoms in total. The van der Waals surface area contributed by atoms with Crippen molar-refractivity contribution >= 4 is 27.7 Å². The molecule has 128 valence electrons. The number of halogens is 1. The van der Waals surface area contributed by atoms with Crippen molar-refractivity contribution in [3.05, 3.63) is 29.3 Å². The minimum absolute atomic E-state index is 0.201. The molecule has 1 aromatic carbocycles. The topological polar surface area (TPSA) is 66.9 Å². The lowest BCUT2D eigenvalue weighted by Crippen LogP contribution is -2.51. The molecule has 23 heavy (non-hydrogen) atoms. The van der Waals surface area contributed by atoms with Crippen molar-refractivity contribution < 1.29 is 17.9 Å². The van der Waals surface area contributed by atoms with Crippen LogP contribution in [0.2, 0.25) is 5.02 Å². The van der Waals surface area contributed by atoms with Gasteiger partial charge in [0.25, 0.3) is 0 Å². The van der Waals surface area contributed by atoms with Crippen LogP contribution in [-0.4, -0.2) is 55.5 Å². The van der Waals surface area contributed by atoms with Crippen LogP contribution in [0.3, 0.4) is 0 Å². The normalized spacial score (nSPS) is 17.1. The lowest BCUT2D eigenvalue weighted by atomic mass is 10.2. The Kier molecular flexibility index (Phi) is 5.23. The van der Waals surface area contributed by atoms with Gasteiger partial charge in [-0.1, -0.05) is 11.6 Å². The van der Waals surface area contributed by atoms with E-state index in [9.17, 15) is 13.2 Å². The highest BCUT2D eigenvalue weighted by molar-refractivity contribution is 7.89. The minimum Gasteiger partial charge on any atom is -0.444 e. The standard InChI is InChI=1S/C15H21ClN2O4S/c1-15(2,3)22-14(19)17-8-10-18(11-9-17)23(20,21)13-6-4-12(16)5-7-13/h4-7H,8-11H2,1-3H3. The molecule has 1 saturated heterocycles. The van der Waals surface area contributed by atoms with E-state index in [1.807, 2.05) is 0 Å². The van der Waals surface area contributed by atoms with Gasteiger partial charge in [-0.05, 0) is 45.0 Å². The molecule has 1 fully saturated rings. The van der Waals surface area contributed by atoms with Crippen molar-refractivity contribution in [3.8, 4) is 0 Å². The van der Waals surface area contributed by atoms with E-state index < -0.39 is 21.7 Å². The Hall–Kier alpha value is -1.31. The van der Waals surface area contributed by atoms with Crippen molar-refractivity contribution in [1.82, 2.24) is 9.21 Å². The first-order chi connectivity index (χ1) is 10.6. The summed E-state index contributed by atoms with van der Waals surface area (Å²) in [4.78, 5) is 13.7. The maximum atomic E-state index is 12.6. The van der Waals surface area contributed by atoms with Gasteiger partial charge in [-0.25, -0.2) is 13.2 Å². The van der Waals surface area contributed by atoms with Crippen LogP contribution < -0.4 is 0 Å². The zero-order chi connectivity index (χ0) is 17.3. The molecule has 1 amide bonds. The molecule has 8 heteroatoms. The van der Waals surface area contributed by atoms with Gasteiger partial charge in [-0.2, -0.15) is 4.31 Å². The van der Waals surface area contributed by atoms with Gasteiger partial charge in [0.2, 0.25) is 10.0 Å². The molecular weight excluding hydrogens is 340 g/mol. The van der Waals surface area contributed by atoms with Crippen molar-refractivity contribution in [1.29, 1.82) is 0 Å². The smallest absolute Gasteiger partial charge is 0.410 e. The highest BCUT2D eigenvalue weighted by Gasteiger charge is 2.31. The number of rotatable bonds is 2. The van der Waals surface area contributed by atoms with Gasteiger partial charge < -0.3 is 9.64 Å². The van der Waals surface area contributed by atoms with Gasteiger partial charge in [0.1, 0.15) is 5.60 Å². The van der Waals surface area contributed by atoms with Crippen LogP contribution in [0.15, 0.2) is 29.2 Å². The minimum atomic E-state index is -3.57. The number of hydrogen-bond acceptors (Lipinski definition) is 4. The summed E-state index contributed by atoms with van der Waals surface area (Å²) in [5.41, 5.74) is -0.566. The van der Waals surface area contributed by atoms with E-state index >= 15 is 0 Å². The van der Waals surface area contributed by atoms with E-state index in [1.165, 1.54) is 21.3 Å². The molecule has 0 saturated carbocycles. The molecule has 2 rings (SSSR count). The number of amides is 1. The summed E-state index contributed by atoms with van der Waals surface area (Å²) in [6.07, 6.45) is -0.416. The van der Waals surface area contributed by atoms with Crippen molar-refractivity contribution in [2.75, 3.05) is 26.2 Å². The highest BCUT2D eigenvalue weighted by atomic mass is 35.5. The lowest BCUT2D eigenvalue weighted by Gasteiger charge is -2.34. The second kappa shape index (κ2) is 6.67. The van der Waals surface area contributed by atoms with Crippen molar-refractivity contribution in [2.45, 2.75) is 31.3 Å². The van der Waals surface area contributed by atoms with Gasteiger partial charge in [0, 0.05) is 31.2 Å². The monoisotopic (exact) mass is 360 g/mol. The van der Waals surface area contributed by atoms with E-state index in [0.29, 0.717) is 18.1 Å². The van der Waals surface area contributed by atoms with Crippen LogP contribution in [0.1, 0.15) is 20.8 Å². The summed E-state index contributed by atoms with van der Waals surface area (Å²) in [5.74, 6) is 0. The third-order valence-corrected chi connectivity index (χ3v) is 5.51. The molecule has 0 radical (unpaired) electrons. The largest absolute Gasteiger partial charge is 0.444 e. The molecule has 0 bridgehead atoms. The summed E-state index contributed by atoms with van der Waals surface area (Å²) in [6.45, 7) is 6.49. The first-order valence-corrected chi connectivity index (χ1v) is 9.15. The average molecular weight is 361 g/mol. The SMILES string of the molecule is CC(C)(C)OC(=O)N1CCN(S(=O)(=O)c2ccc(Cl)cc2)CC1. The van der Waals surface area contributed by atoms with E-state index in [0.717, 1.165) is 0 Å². The number of benzene rings is 1. The van der Waals surface area contributed by atoms with E-state index in [4.69, 9.17) is 16.3 Å². The number of carbonyl (C=O) groups excluding carboxylic acids is 1. The molecule has 0 N–H and O–H groups in total. The Morgan fingerprint density at radius 1 is 1.09 bits per heavy atom. The Bertz CT molecular complexity index is 660. The van der Waals surface area contributed by atoms with Crippen molar-refractivity contribution in [3.63, 3.8) is 0 Å². The number of ether oxygens (including phenoxy) is 1. The van der Waals surface area contributed by atoms with Crippen LogP contribution >= 0.6 is 11.6 Å². The highest BCUT2D eigenvalue weighted by Crippen LogP contribution is 2.20. The summed E-state index contributed by atoms with van der Waals surface area (Å²) in [5, 5.41) is 0.485. The Labute approximate surface area is 142 Å². The van der Waals surface area contributed by atoms with E-state index in [1.54, 1.807) is 32.9 Å². The van der Waals surface area contributed by atoms with Crippen LogP contribution in [0.25, 0.3) is 0 Å². The third kappa shape index (κ3) is 4.59. The lowest BCUT2D eigenvalue weighted by molar-refractivity contribution is 0.0192. The number of hydrogen-bond donors (Lipinski definition) is 0. The molecule has 1 aromatic rings. The molecule has 1 aliphatic heterocycles. The Morgan fingerprint density at radius 3 is 2.09 bits per heavy atom. The average Bonchev–Trinajstić information content (AvgIpc) is 2.46. The first-order valence-electron chi connectivity index (χ1n) is 7.33. The van der Waals surface area contributed by atoms with Gasteiger partial charge in [-0.3, -0.25) is 0 Å². The molecule has 0 aromatic heterocycles. The van der Waals surface area contributed by atoms with Crippen LogP contribution in [0.5, 0.6) is 0 Å². The van der Waals surface area contributed by atoms with E-state index in [2.05, 4.69) is 0 Å². The number of piperazine rings is 1. The van der Waals surface area contributed by atoms with Crippen LogP contribution in [0.4, 0.5) is 4.79 Å². The second-order valence-corrected chi connectivity index (χ2v) is 8.70. The van der Waals surface area contributed by atoms with Gasteiger partial charge in [0.05, 0.1) is 4.90 Å². The zero-order valence-corrected chi connectivity index (χ0v) is 15.0. The maximum absolute atomic E-state index is 12.6. The molecule has 0 aliphatic carbocycles. The van der Waals surface area contributed by atoms with Crippen LogP contribution in [0, 0.1) is 0 Å². The fraction of sp³-hybridized carbons (Fsp3) is 0.533. The molecule has 1 heterocycles. The number of carbonyl (C=O) groups is 1. The molecule has 0 atom stereocenters. The molecule has 1 aliphatic rings. The quantitative estimate of drug-likeness (QED) is 0.813. The van der Waals surface area contributed by atoms with Gasteiger partial charge >= 0.3 is 6.09 Å². The summed E-state index contributed by atoms with van der Waals surface area (Å²) in [7, 11) is -3.57. The fourth-order valence-corrected chi connectivity index (χ4v) is 3.74. The maximum Gasteiger partial charge on any atom is 0.410 e. The first kappa shape index (κ1) is 18.0. The van der Waals surface area contributed by atoms with E-state index in [-0.39, 0.29) is 18.0 Å². The summed E-state index contributed by atoms with van der Waals surface area (Å²) < 4.78 is 31.8. The summed E-state index contributed by atoms with van der Waals surface area (Å²) in [6, 6.07) is 6.06. The molecular formula is C15H21ClN2O4S. The van der Waals surface area contributed by atoms with Crippen molar-refractivity contribution in [2.24, 2.45) is 0 Å². The van der Waals surface area contributed by atoms with Gasteiger partial charge in [0.15, 0.2) is 0 Å². The second-order valence-electron chi connectivity index (χ2n) is 6.33. The number of nitrogens with zero attached hydrogens (tertiary/aromatic N) is 2. The predicted molar refractivity (Wildman–Crippen MR) is 88.0 cm³/mol. The Morgan fingerprint density at radius 2 is 1.61 bits per heavy atom. The molecule has 0 spiro atoms. The third-order valence-electron chi connectivity index (χ3n) is 3.34. The fourth-order valence-electron chi connectivity index (χ4n) is 2.19. The molecule has 0 unspecified atom stereocenters.